The van der Waals surface area contributed by atoms with Crippen LogP contribution >= 0.6 is 0 Å². The zero-order valence-electron chi connectivity index (χ0n) is 21.8. The maximum atomic E-state index is 13.6. The lowest BCUT2D eigenvalue weighted by Gasteiger charge is -2.27. The lowest BCUT2D eigenvalue weighted by molar-refractivity contribution is -0.141. The van der Waals surface area contributed by atoms with E-state index in [2.05, 4.69) is 15.3 Å². The number of hydrogen-bond donors (Lipinski definition) is 1. The Morgan fingerprint density at radius 1 is 1.05 bits per heavy atom. The van der Waals surface area contributed by atoms with Crippen LogP contribution in [0.4, 0.5) is 19.0 Å². The quantitative estimate of drug-likeness (QED) is 0.353. The van der Waals surface area contributed by atoms with E-state index in [-0.39, 0.29) is 33.5 Å². The number of nitrogens with zero attached hydrogens (tertiary/aromatic N) is 4. The average molecular weight is 568 g/mol. The number of methoxy groups -OCH3 is 1. The molecule has 4 aromatic rings. The van der Waals surface area contributed by atoms with Gasteiger partial charge in [0.15, 0.2) is 5.43 Å². The first-order valence-electron chi connectivity index (χ1n) is 12.6. The van der Waals surface area contributed by atoms with Gasteiger partial charge in [0.25, 0.3) is 5.91 Å². The summed E-state index contributed by atoms with van der Waals surface area (Å²) >= 11 is 0. The van der Waals surface area contributed by atoms with Crippen LogP contribution in [0.3, 0.4) is 0 Å². The van der Waals surface area contributed by atoms with Crippen molar-refractivity contribution in [2.24, 2.45) is 0 Å². The molecule has 10 nitrogen and oxygen atoms in total. The van der Waals surface area contributed by atoms with Crippen LogP contribution in [0.15, 0.2) is 65.6 Å². The second-order valence-corrected chi connectivity index (χ2v) is 9.07. The number of rotatable bonds is 6. The highest BCUT2D eigenvalue weighted by Gasteiger charge is 2.34. The molecule has 1 aromatic carbocycles. The first kappa shape index (κ1) is 27.8. The molecule has 1 amide bonds. The molecule has 4 heterocycles. The predicted octanol–water partition coefficient (Wildman–Crippen LogP) is 3.35. The summed E-state index contributed by atoms with van der Waals surface area (Å²) in [6, 6.07) is 13.0. The number of para-hydroxylation sites is 1. The number of pyridine rings is 3. The van der Waals surface area contributed by atoms with Gasteiger partial charge >= 0.3 is 12.1 Å². The van der Waals surface area contributed by atoms with Crippen LogP contribution in [-0.2, 0) is 22.2 Å². The summed E-state index contributed by atoms with van der Waals surface area (Å²) in [4.78, 5) is 49.7. The normalized spacial score (nSPS) is 13.7. The minimum atomic E-state index is -4.80. The number of carbonyl (C=O) groups is 2. The molecule has 212 valence electrons. The molecule has 1 N–H and O–H groups in total. The molecule has 0 spiro atoms. The van der Waals surface area contributed by atoms with Crippen LogP contribution in [-0.4, -0.2) is 59.8 Å². The Labute approximate surface area is 231 Å². The van der Waals surface area contributed by atoms with Crippen molar-refractivity contribution in [3.63, 3.8) is 0 Å². The Morgan fingerprint density at radius 3 is 2.41 bits per heavy atom. The average Bonchev–Trinajstić information content (AvgIpc) is 3.00. The molecule has 3 aromatic heterocycles. The molecule has 1 aliphatic rings. The Balaban J connectivity index is 1.57. The van der Waals surface area contributed by atoms with Crippen molar-refractivity contribution < 1.29 is 32.2 Å². The fourth-order valence-electron chi connectivity index (χ4n) is 4.54. The third-order valence-corrected chi connectivity index (χ3v) is 6.57. The van der Waals surface area contributed by atoms with Gasteiger partial charge in [-0.2, -0.15) is 13.2 Å². The zero-order chi connectivity index (χ0) is 29.1. The molecule has 0 unspecified atom stereocenters. The van der Waals surface area contributed by atoms with Gasteiger partial charge in [-0.25, -0.2) is 14.8 Å². The maximum Gasteiger partial charge on any atom is 0.433 e. The van der Waals surface area contributed by atoms with Crippen molar-refractivity contribution in [1.82, 2.24) is 19.9 Å². The van der Waals surface area contributed by atoms with E-state index in [0.29, 0.717) is 38.2 Å². The minimum absolute atomic E-state index is 0.171. The maximum absolute atomic E-state index is 13.6. The molecule has 1 fully saturated rings. The number of halogens is 3. The van der Waals surface area contributed by atoms with Crippen LogP contribution < -0.4 is 15.6 Å². The van der Waals surface area contributed by atoms with Crippen LogP contribution in [0.5, 0.6) is 0 Å². The molecule has 0 radical (unpaired) electrons. The van der Waals surface area contributed by atoms with Crippen molar-refractivity contribution in [1.29, 1.82) is 0 Å². The number of ether oxygens (including phenoxy) is 2. The number of amides is 1. The summed E-state index contributed by atoms with van der Waals surface area (Å²) in [5.74, 6) is -0.880. The van der Waals surface area contributed by atoms with E-state index >= 15 is 0 Å². The van der Waals surface area contributed by atoms with Crippen LogP contribution in [0, 0.1) is 0 Å². The molecule has 0 bridgehead atoms. The monoisotopic (exact) mass is 567 g/mol. The zero-order valence-corrected chi connectivity index (χ0v) is 21.8. The Kier molecular flexibility index (Phi) is 7.70. The van der Waals surface area contributed by atoms with E-state index in [4.69, 9.17) is 9.47 Å². The molecular weight excluding hydrogens is 543 g/mol. The fourth-order valence-corrected chi connectivity index (χ4v) is 4.54. The SMILES string of the molecule is COC(=O)c1c(CNC(=O)c2ccc(N3CCOCC3)nc2)c(=O)c2ccc(C(F)(F)F)nc2n1-c1ccccc1. The second-order valence-electron chi connectivity index (χ2n) is 9.07. The molecule has 1 aliphatic heterocycles. The molecule has 0 aliphatic carbocycles. The molecule has 13 heteroatoms. The largest absolute Gasteiger partial charge is 0.464 e. The number of fused-ring (bicyclic) bond motifs is 1. The number of benzene rings is 1. The number of aromatic nitrogens is 3. The molecule has 0 atom stereocenters. The van der Waals surface area contributed by atoms with E-state index in [9.17, 15) is 27.6 Å². The van der Waals surface area contributed by atoms with Crippen molar-refractivity contribution in [2.75, 3.05) is 38.3 Å². The van der Waals surface area contributed by atoms with Gasteiger partial charge in [-0.3, -0.25) is 14.2 Å². The van der Waals surface area contributed by atoms with Gasteiger partial charge in [0.05, 0.1) is 36.8 Å². The molecule has 1 saturated heterocycles. The van der Waals surface area contributed by atoms with Gasteiger partial charge in [0.2, 0.25) is 0 Å². The number of anilines is 1. The van der Waals surface area contributed by atoms with E-state index in [1.54, 1.807) is 42.5 Å². The van der Waals surface area contributed by atoms with Crippen molar-refractivity contribution in [3.05, 3.63) is 93.5 Å². The summed E-state index contributed by atoms with van der Waals surface area (Å²) in [7, 11) is 1.08. The molecular formula is C28H24F3N5O5. The van der Waals surface area contributed by atoms with Crippen molar-refractivity contribution >= 4 is 28.7 Å². The van der Waals surface area contributed by atoms with E-state index in [1.807, 2.05) is 4.90 Å². The highest BCUT2D eigenvalue weighted by Crippen LogP contribution is 2.30. The van der Waals surface area contributed by atoms with E-state index < -0.39 is 35.7 Å². The highest BCUT2D eigenvalue weighted by molar-refractivity contribution is 5.96. The third-order valence-electron chi connectivity index (χ3n) is 6.57. The van der Waals surface area contributed by atoms with Gasteiger partial charge in [-0.15, -0.1) is 0 Å². The number of morpholine rings is 1. The Bertz CT molecular complexity index is 1650. The number of esters is 1. The van der Waals surface area contributed by atoms with Crippen molar-refractivity contribution in [3.8, 4) is 5.69 Å². The lowest BCUT2D eigenvalue weighted by Crippen LogP contribution is -2.36. The van der Waals surface area contributed by atoms with Gasteiger partial charge in [-0.1, -0.05) is 18.2 Å². The minimum Gasteiger partial charge on any atom is -0.464 e. The Morgan fingerprint density at radius 2 is 1.78 bits per heavy atom. The lowest BCUT2D eigenvalue weighted by atomic mass is 10.1. The first-order chi connectivity index (χ1) is 19.7. The fraction of sp³-hybridized carbons (Fsp3) is 0.250. The van der Waals surface area contributed by atoms with Gasteiger partial charge in [-0.05, 0) is 36.4 Å². The smallest absolute Gasteiger partial charge is 0.433 e. The van der Waals surface area contributed by atoms with Gasteiger partial charge < -0.3 is 19.7 Å². The highest BCUT2D eigenvalue weighted by atomic mass is 19.4. The van der Waals surface area contributed by atoms with E-state index in [1.165, 1.54) is 6.20 Å². The summed E-state index contributed by atoms with van der Waals surface area (Å²) in [5, 5.41) is 2.45. The summed E-state index contributed by atoms with van der Waals surface area (Å²) in [5.41, 5.74) is -2.45. The topological polar surface area (TPSA) is 116 Å². The van der Waals surface area contributed by atoms with Gasteiger partial charge in [0, 0.05) is 31.5 Å². The number of carbonyl (C=O) groups excluding carboxylic acids is 2. The number of nitrogens with one attached hydrogen (secondary N) is 1. The number of alkyl halides is 3. The predicted molar refractivity (Wildman–Crippen MR) is 142 cm³/mol. The second kappa shape index (κ2) is 11.4. The van der Waals surface area contributed by atoms with Crippen LogP contribution in [0.1, 0.15) is 32.1 Å². The first-order valence-corrected chi connectivity index (χ1v) is 12.6. The standard InChI is InChI=1S/C28H24F3N5O5/c1-40-27(39)23-20(16-33-26(38)17-7-10-22(32-15-17)35-11-13-41-14-12-35)24(37)19-8-9-21(28(29,30)31)34-25(19)36(23)18-5-3-2-4-6-18/h2-10,15H,11-14,16H2,1H3,(H,33,38). The van der Waals surface area contributed by atoms with Gasteiger partial charge in [0.1, 0.15) is 22.9 Å². The summed E-state index contributed by atoms with van der Waals surface area (Å²) < 4.78 is 52.1. The number of hydrogen-bond acceptors (Lipinski definition) is 8. The van der Waals surface area contributed by atoms with Crippen LogP contribution in [0.25, 0.3) is 16.7 Å². The summed E-state index contributed by atoms with van der Waals surface area (Å²) in [6.45, 7) is 2.07. The van der Waals surface area contributed by atoms with Crippen LogP contribution in [0.2, 0.25) is 0 Å². The molecule has 0 saturated carbocycles. The summed E-state index contributed by atoms with van der Waals surface area (Å²) in [6.07, 6.45) is -3.40. The van der Waals surface area contributed by atoms with E-state index in [0.717, 1.165) is 17.7 Å². The third kappa shape index (κ3) is 5.61. The van der Waals surface area contributed by atoms with Crippen molar-refractivity contribution in [2.45, 2.75) is 12.7 Å². The molecule has 41 heavy (non-hydrogen) atoms. The molecule has 5 rings (SSSR count). The Hall–Kier alpha value is -4.78.